The first-order chi connectivity index (χ1) is 15.3. The van der Waals surface area contributed by atoms with Crippen molar-refractivity contribution in [1.82, 2.24) is 19.6 Å². The number of nitrogens with zero attached hydrogens (tertiary/aromatic N) is 5. The van der Waals surface area contributed by atoms with Crippen LogP contribution in [0.3, 0.4) is 0 Å². The zero-order chi connectivity index (χ0) is 22.6. The Labute approximate surface area is 189 Å². The third-order valence-electron chi connectivity index (χ3n) is 6.94. The Kier molecular flexibility index (Phi) is 4.95. The molecule has 2 aliphatic heterocycles. The van der Waals surface area contributed by atoms with Crippen LogP contribution in [0, 0.1) is 5.41 Å². The molecule has 5 rings (SSSR count). The minimum atomic E-state index is -0.591. The molecule has 32 heavy (non-hydrogen) atoms. The van der Waals surface area contributed by atoms with Crippen LogP contribution in [0.2, 0.25) is 5.02 Å². The summed E-state index contributed by atoms with van der Waals surface area (Å²) in [6, 6.07) is 3.47. The highest BCUT2D eigenvalue weighted by atomic mass is 35.5. The van der Waals surface area contributed by atoms with E-state index in [1.807, 2.05) is 11.3 Å². The van der Waals surface area contributed by atoms with Gasteiger partial charge in [-0.25, -0.2) is 4.98 Å². The Balaban J connectivity index is 1.59. The highest BCUT2D eigenvalue weighted by molar-refractivity contribution is 6.36. The maximum Gasteiger partial charge on any atom is 0.249 e. The molecular formula is C21H25ClN8O2. The predicted molar refractivity (Wildman–Crippen MR) is 121 cm³/mol. The van der Waals surface area contributed by atoms with E-state index in [0.29, 0.717) is 28.9 Å². The van der Waals surface area contributed by atoms with E-state index in [1.54, 1.807) is 18.5 Å². The van der Waals surface area contributed by atoms with Gasteiger partial charge in [0.25, 0.3) is 0 Å². The monoisotopic (exact) mass is 456 g/mol. The minimum Gasteiger partial charge on any atom is -0.382 e. The molecule has 2 atom stereocenters. The van der Waals surface area contributed by atoms with E-state index in [9.17, 15) is 4.79 Å². The number of amides is 1. The predicted octanol–water partition coefficient (Wildman–Crippen LogP) is 1.46. The highest BCUT2D eigenvalue weighted by Gasteiger charge is 2.47. The molecule has 10 nitrogen and oxygen atoms in total. The summed E-state index contributed by atoms with van der Waals surface area (Å²) in [5.41, 5.74) is 19.9. The lowest BCUT2D eigenvalue weighted by molar-refractivity contribution is 0.0974. The number of carbonyl (C=O) groups excluding carboxylic acids is 1. The second-order valence-corrected chi connectivity index (χ2v) is 9.01. The number of fused-ring (bicyclic) bond motifs is 1. The number of primary amides is 1. The number of halogens is 1. The fourth-order valence-corrected chi connectivity index (χ4v) is 5.18. The first-order valence-corrected chi connectivity index (χ1v) is 10.9. The molecular weight excluding hydrogens is 432 g/mol. The van der Waals surface area contributed by atoms with E-state index in [4.69, 9.17) is 33.5 Å². The van der Waals surface area contributed by atoms with Crippen molar-refractivity contribution in [2.75, 3.05) is 30.3 Å². The fraction of sp³-hybridized carbons (Fsp3) is 0.429. The van der Waals surface area contributed by atoms with E-state index in [0.717, 1.165) is 31.7 Å². The Morgan fingerprint density at radius 1 is 1.34 bits per heavy atom. The molecule has 0 aromatic carbocycles. The standard InChI is InChI=1S/C21H25ClN8O2/c1-11-17(23)21(9-32-11)3-6-29(7-4-21)14-8-13(19(25)31)15(20-28-27-10-30(14)20)12-2-5-26-18(24)16(12)22/h2,5,8,10-11,17H,3-4,6-7,9,23H2,1H3,(H2,24,26)(H2,25,31)/t11?,17-/m1/s1. The van der Waals surface area contributed by atoms with Gasteiger partial charge in [-0.3, -0.25) is 9.20 Å². The SMILES string of the molecule is CC1OCC2(CCN(c3cc(C(N)=O)c(-c4ccnc(N)c4Cl)c4nncn34)CC2)[C@@H]1N. The Morgan fingerprint density at radius 3 is 2.75 bits per heavy atom. The first kappa shape index (κ1) is 20.9. The van der Waals surface area contributed by atoms with Gasteiger partial charge < -0.3 is 26.8 Å². The largest absolute Gasteiger partial charge is 0.382 e. The number of nitrogen functional groups attached to an aromatic ring is 1. The second kappa shape index (κ2) is 7.58. The van der Waals surface area contributed by atoms with Crippen molar-refractivity contribution in [3.8, 4) is 11.1 Å². The number of aromatic nitrogens is 4. The molecule has 0 aliphatic carbocycles. The molecule has 1 amide bonds. The van der Waals surface area contributed by atoms with Crippen LogP contribution in [0.4, 0.5) is 11.6 Å². The van der Waals surface area contributed by atoms with Crippen LogP contribution in [0.1, 0.15) is 30.1 Å². The lowest BCUT2D eigenvalue weighted by Crippen LogP contribution is -2.51. The molecule has 0 radical (unpaired) electrons. The van der Waals surface area contributed by atoms with E-state index < -0.39 is 5.91 Å². The molecule has 168 valence electrons. The minimum absolute atomic E-state index is 0.0161. The normalized spacial score (nSPS) is 22.7. The molecule has 3 aromatic rings. The summed E-state index contributed by atoms with van der Waals surface area (Å²) in [5.74, 6) is 0.356. The Hall–Kier alpha value is -2.95. The summed E-state index contributed by atoms with van der Waals surface area (Å²) in [4.78, 5) is 18.7. The molecule has 0 saturated carbocycles. The third kappa shape index (κ3) is 3.09. The molecule has 0 bridgehead atoms. The third-order valence-corrected chi connectivity index (χ3v) is 7.34. The zero-order valence-corrected chi connectivity index (χ0v) is 18.4. The Bertz CT molecular complexity index is 1200. The number of rotatable bonds is 3. The van der Waals surface area contributed by atoms with Crippen LogP contribution in [-0.2, 0) is 4.74 Å². The molecule has 6 N–H and O–H groups in total. The average molecular weight is 457 g/mol. The van der Waals surface area contributed by atoms with Gasteiger partial charge in [-0.1, -0.05) is 11.6 Å². The second-order valence-electron chi connectivity index (χ2n) is 8.63. The summed E-state index contributed by atoms with van der Waals surface area (Å²) in [5, 5.41) is 8.60. The summed E-state index contributed by atoms with van der Waals surface area (Å²) in [6.45, 7) is 4.23. The van der Waals surface area contributed by atoms with Crippen molar-refractivity contribution in [3.05, 3.63) is 35.2 Å². The number of hydrogen-bond acceptors (Lipinski definition) is 8. The van der Waals surface area contributed by atoms with Crippen molar-refractivity contribution in [2.45, 2.75) is 31.9 Å². The van der Waals surface area contributed by atoms with Crippen molar-refractivity contribution in [1.29, 1.82) is 0 Å². The number of pyridine rings is 2. The topological polar surface area (TPSA) is 151 Å². The molecule has 5 heterocycles. The average Bonchev–Trinajstić information content (AvgIpc) is 3.37. The van der Waals surface area contributed by atoms with Gasteiger partial charge in [0.15, 0.2) is 5.65 Å². The smallest absolute Gasteiger partial charge is 0.249 e. The van der Waals surface area contributed by atoms with Gasteiger partial charge in [0.2, 0.25) is 5.91 Å². The number of anilines is 2. The van der Waals surface area contributed by atoms with Gasteiger partial charge in [0.1, 0.15) is 18.0 Å². The number of carbonyl (C=O) groups is 1. The van der Waals surface area contributed by atoms with Crippen molar-refractivity contribution >= 4 is 34.8 Å². The van der Waals surface area contributed by atoms with Gasteiger partial charge >= 0.3 is 0 Å². The van der Waals surface area contributed by atoms with Crippen LogP contribution in [0.5, 0.6) is 0 Å². The van der Waals surface area contributed by atoms with E-state index in [-0.39, 0.29) is 28.4 Å². The van der Waals surface area contributed by atoms with Crippen LogP contribution in [-0.4, -0.2) is 57.3 Å². The Morgan fingerprint density at radius 2 is 2.09 bits per heavy atom. The number of piperidine rings is 1. The lowest BCUT2D eigenvalue weighted by atomic mass is 9.73. The molecule has 1 spiro atoms. The van der Waals surface area contributed by atoms with Crippen LogP contribution < -0.4 is 22.1 Å². The van der Waals surface area contributed by atoms with Crippen LogP contribution >= 0.6 is 11.6 Å². The van der Waals surface area contributed by atoms with Gasteiger partial charge in [0, 0.05) is 41.9 Å². The molecule has 2 saturated heterocycles. The lowest BCUT2D eigenvalue weighted by Gasteiger charge is -2.42. The summed E-state index contributed by atoms with van der Waals surface area (Å²) >= 11 is 6.42. The van der Waals surface area contributed by atoms with E-state index >= 15 is 0 Å². The quantitative estimate of drug-likeness (QED) is 0.535. The van der Waals surface area contributed by atoms with Crippen molar-refractivity contribution in [2.24, 2.45) is 16.9 Å². The van der Waals surface area contributed by atoms with Crippen LogP contribution in [0.25, 0.3) is 16.8 Å². The first-order valence-electron chi connectivity index (χ1n) is 10.5. The van der Waals surface area contributed by atoms with Crippen molar-refractivity contribution < 1.29 is 9.53 Å². The van der Waals surface area contributed by atoms with Gasteiger partial charge in [-0.15, -0.1) is 10.2 Å². The van der Waals surface area contributed by atoms with Crippen LogP contribution in [0.15, 0.2) is 24.7 Å². The van der Waals surface area contributed by atoms with E-state index in [2.05, 4.69) is 20.1 Å². The highest BCUT2D eigenvalue weighted by Crippen LogP contribution is 2.43. The van der Waals surface area contributed by atoms with Gasteiger partial charge in [-0.2, -0.15) is 0 Å². The summed E-state index contributed by atoms with van der Waals surface area (Å²) in [6.07, 6.45) is 4.99. The summed E-state index contributed by atoms with van der Waals surface area (Å²) < 4.78 is 7.68. The zero-order valence-electron chi connectivity index (χ0n) is 17.7. The maximum atomic E-state index is 12.5. The van der Waals surface area contributed by atoms with E-state index in [1.165, 1.54) is 6.20 Å². The summed E-state index contributed by atoms with van der Waals surface area (Å²) in [7, 11) is 0. The van der Waals surface area contributed by atoms with Gasteiger partial charge in [0.05, 0.1) is 23.3 Å². The molecule has 2 aliphatic rings. The number of ether oxygens (including phenoxy) is 1. The molecule has 1 unspecified atom stereocenters. The maximum absolute atomic E-state index is 12.5. The van der Waals surface area contributed by atoms with Gasteiger partial charge in [-0.05, 0) is 31.9 Å². The fourth-order valence-electron chi connectivity index (χ4n) is 4.97. The molecule has 2 fully saturated rings. The van der Waals surface area contributed by atoms with Crippen molar-refractivity contribution in [3.63, 3.8) is 0 Å². The number of hydrogen-bond donors (Lipinski definition) is 3. The molecule has 3 aromatic heterocycles. The molecule has 11 heteroatoms. The number of nitrogens with two attached hydrogens (primary N) is 3.